The summed E-state index contributed by atoms with van der Waals surface area (Å²) in [4.78, 5) is 40.5. The van der Waals surface area contributed by atoms with E-state index >= 15 is 0 Å². The Labute approximate surface area is 205 Å². The van der Waals surface area contributed by atoms with Gasteiger partial charge in [-0.2, -0.15) is 0 Å². The molecule has 3 N–H and O–H groups in total. The van der Waals surface area contributed by atoms with Crippen molar-refractivity contribution >= 4 is 42.8 Å². The number of anilines is 1. The molecule has 0 spiro atoms. The highest BCUT2D eigenvalue weighted by Crippen LogP contribution is 2.22. The zero-order chi connectivity index (χ0) is 25.3. The van der Waals surface area contributed by atoms with Gasteiger partial charge >= 0.3 is 6.03 Å². The van der Waals surface area contributed by atoms with Crippen LogP contribution < -0.4 is 20.7 Å². The first-order valence-corrected chi connectivity index (χ1v) is 11.3. The zero-order valence-electron chi connectivity index (χ0n) is 19.4. The van der Waals surface area contributed by atoms with Gasteiger partial charge in [0.1, 0.15) is 19.3 Å². The smallest absolute Gasteiger partial charge is 0.319 e. The lowest BCUT2D eigenvalue weighted by atomic mass is 9.96. The molecule has 0 bridgehead atoms. The quantitative estimate of drug-likeness (QED) is 0.533. The number of hydrogen-bond acceptors (Lipinski definition) is 5. The van der Waals surface area contributed by atoms with E-state index in [9.17, 15) is 9.59 Å². The standard InChI is InChI=1S/C23H28ClN3O3.2CH2O/c1-30-21-12-9-17(24)15-20(21)22(28)25-14-13-16-7-10-19(11-8-16)27-23(29)26-18-5-3-2-4-6-18;2*1-2/h7-12,15,18H,2-6,13-14H2,1H3,(H,25,28)(H2,26,27,29);2*1H2. The number of rotatable bonds is 7. The second-order valence-electron chi connectivity index (χ2n) is 7.48. The summed E-state index contributed by atoms with van der Waals surface area (Å²) >= 11 is 5.98. The molecule has 9 heteroatoms. The summed E-state index contributed by atoms with van der Waals surface area (Å²) in [5, 5.41) is 9.29. The average Bonchev–Trinajstić information content (AvgIpc) is 2.88. The fourth-order valence-corrected chi connectivity index (χ4v) is 3.80. The molecule has 1 fully saturated rings. The molecule has 34 heavy (non-hydrogen) atoms. The number of hydrogen-bond donors (Lipinski definition) is 3. The van der Waals surface area contributed by atoms with Gasteiger partial charge in [-0.25, -0.2) is 4.79 Å². The predicted octanol–water partition coefficient (Wildman–Crippen LogP) is 4.41. The normalized spacial score (nSPS) is 12.6. The van der Waals surface area contributed by atoms with Gasteiger partial charge in [-0.15, -0.1) is 0 Å². The summed E-state index contributed by atoms with van der Waals surface area (Å²) in [6.07, 6.45) is 6.40. The Kier molecular flexibility index (Phi) is 13.7. The molecule has 1 aliphatic carbocycles. The highest BCUT2D eigenvalue weighted by molar-refractivity contribution is 6.31. The van der Waals surface area contributed by atoms with E-state index in [1.165, 1.54) is 26.4 Å². The second kappa shape index (κ2) is 16.3. The van der Waals surface area contributed by atoms with Gasteiger partial charge in [0.05, 0.1) is 12.7 Å². The average molecular weight is 490 g/mol. The van der Waals surface area contributed by atoms with Crippen LogP contribution in [0.25, 0.3) is 0 Å². The summed E-state index contributed by atoms with van der Waals surface area (Å²) in [5.74, 6) is 0.255. The lowest BCUT2D eigenvalue weighted by molar-refractivity contribution is -0.0987. The van der Waals surface area contributed by atoms with Gasteiger partial charge in [-0.3, -0.25) is 4.79 Å². The van der Waals surface area contributed by atoms with Gasteiger partial charge in [-0.05, 0) is 55.2 Å². The van der Waals surface area contributed by atoms with E-state index in [2.05, 4.69) is 16.0 Å². The molecule has 1 saturated carbocycles. The van der Waals surface area contributed by atoms with Crippen LogP contribution in [-0.4, -0.2) is 45.2 Å². The molecule has 1 aliphatic rings. The molecule has 0 atom stereocenters. The highest BCUT2D eigenvalue weighted by atomic mass is 35.5. The van der Waals surface area contributed by atoms with E-state index in [1.54, 1.807) is 18.2 Å². The fraction of sp³-hybridized carbons (Fsp3) is 0.360. The van der Waals surface area contributed by atoms with Crippen LogP contribution in [-0.2, 0) is 16.0 Å². The number of methoxy groups -OCH3 is 1. The predicted molar refractivity (Wildman–Crippen MR) is 134 cm³/mol. The Balaban J connectivity index is 0.00000137. The summed E-state index contributed by atoms with van der Waals surface area (Å²) in [5.41, 5.74) is 2.22. The largest absolute Gasteiger partial charge is 0.496 e. The molecule has 0 heterocycles. The van der Waals surface area contributed by atoms with Gasteiger partial charge in [0, 0.05) is 23.3 Å². The number of nitrogens with one attached hydrogen (secondary N) is 3. The molecule has 0 aromatic heterocycles. The number of amides is 3. The first kappa shape index (κ1) is 28.6. The van der Waals surface area contributed by atoms with Crippen molar-refractivity contribution in [1.82, 2.24) is 10.6 Å². The lowest BCUT2D eigenvalue weighted by Gasteiger charge is -2.22. The number of urea groups is 1. The second-order valence-corrected chi connectivity index (χ2v) is 7.92. The van der Waals surface area contributed by atoms with Crippen LogP contribution in [0.3, 0.4) is 0 Å². The van der Waals surface area contributed by atoms with Crippen molar-refractivity contribution in [1.29, 1.82) is 0 Å². The first-order chi connectivity index (χ1) is 16.5. The number of carbonyl (C=O) groups excluding carboxylic acids is 4. The van der Waals surface area contributed by atoms with Gasteiger partial charge in [-0.1, -0.05) is 43.0 Å². The van der Waals surface area contributed by atoms with Crippen molar-refractivity contribution in [3.63, 3.8) is 0 Å². The Hall–Kier alpha value is -3.39. The molecule has 0 unspecified atom stereocenters. The van der Waals surface area contributed by atoms with Crippen molar-refractivity contribution in [2.75, 3.05) is 19.0 Å². The third kappa shape index (κ3) is 9.62. The number of ether oxygens (including phenoxy) is 1. The third-order valence-electron chi connectivity index (χ3n) is 5.26. The molecule has 184 valence electrons. The molecule has 0 aliphatic heterocycles. The Bertz CT molecular complexity index is 900. The van der Waals surface area contributed by atoms with Crippen LogP contribution >= 0.6 is 11.6 Å². The molecule has 0 radical (unpaired) electrons. The molecule has 2 aromatic carbocycles. The third-order valence-corrected chi connectivity index (χ3v) is 5.49. The van der Waals surface area contributed by atoms with Crippen LogP contribution in [0.15, 0.2) is 42.5 Å². The van der Waals surface area contributed by atoms with E-state index in [0.29, 0.717) is 29.3 Å². The Morgan fingerprint density at radius 1 is 1.00 bits per heavy atom. The molecular weight excluding hydrogens is 458 g/mol. The molecule has 3 amide bonds. The molecule has 0 saturated heterocycles. The monoisotopic (exact) mass is 489 g/mol. The summed E-state index contributed by atoms with van der Waals surface area (Å²) in [6.45, 7) is 4.48. The van der Waals surface area contributed by atoms with E-state index in [1.807, 2.05) is 37.8 Å². The maximum Gasteiger partial charge on any atom is 0.319 e. The minimum Gasteiger partial charge on any atom is -0.496 e. The van der Waals surface area contributed by atoms with Gasteiger partial charge in [0.15, 0.2) is 0 Å². The van der Waals surface area contributed by atoms with Crippen molar-refractivity contribution in [3.05, 3.63) is 58.6 Å². The molecule has 8 nitrogen and oxygen atoms in total. The number of benzene rings is 2. The summed E-state index contributed by atoms with van der Waals surface area (Å²) in [7, 11) is 1.52. The maximum atomic E-state index is 12.4. The number of carbonyl (C=O) groups is 4. The van der Waals surface area contributed by atoms with Crippen LogP contribution in [0.1, 0.15) is 48.0 Å². The topological polar surface area (TPSA) is 114 Å². The molecule has 2 aromatic rings. The SMILES string of the molecule is C=O.C=O.COc1ccc(Cl)cc1C(=O)NCCc1ccc(NC(=O)NC2CCCCC2)cc1. The van der Waals surface area contributed by atoms with Crippen molar-refractivity contribution in [2.24, 2.45) is 0 Å². The van der Waals surface area contributed by atoms with E-state index in [4.69, 9.17) is 25.9 Å². The molecular formula is C25H32ClN3O5. The highest BCUT2D eigenvalue weighted by Gasteiger charge is 2.15. The van der Waals surface area contributed by atoms with Crippen molar-refractivity contribution in [3.8, 4) is 5.75 Å². The summed E-state index contributed by atoms with van der Waals surface area (Å²) < 4.78 is 5.22. The number of halogens is 1. The fourth-order valence-electron chi connectivity index (χ4n) is 3.63. The van der Waals surface area contributed by atoms with Gasteiger partial charge in [0.2, 0.25) is 0 Å². The van der Waals surface area contributed by atoms with Crippen LogP contribution in [0.4, 0.5) is 10.5 Å². The zero-order valence-corrected chi connectivity index (χ0v) is 20.2. The minimum absolute atomic E-state index is 0.155. The van der Waals surface area contributed by atoms with Crippen LogP contribution in [0.5, 0.6) is 5.75 Å². The van der Waals surface area contributed by atoms with Crippen LogP contribution in [0, 0.1) is 0 Å². The lowest BCUT2D eigenvalue weighted by Crippen LogP contribution is -2.39. The minimum atomic E-state index is -0.230. The first-order valence-electron chi connectivity index (χ1n) is 10.9. The van der Waals surface area contributed by atoms with Gasteiger partial charge in [0.25, 0.3) is 5.91 Å². The van der Waals surface area contributed by atoms with E-state index < -0.39 is 0 Å². The van der Waals surface area contributed by atoms with E-state index in [-0.39, 0.29) is 18.0 Å². The van der Waals surface area contributed by atoms with E-state index in [0.717, 1.165) is 24.1 Å². The van der Waals surface area contributed by atoms with Crippen LogP contribution in [0.2, 0.25) is 5.02 Å². The Morgan fingerprint density at radius 2 is 1.65 bits per heavy atom. The Morgan fingerprint density at radius 3 is 2.26 bits per heavy atom. The summed E-state index contributed by atoms with van der Waals surface area (Å²) in [6, 6.07) is 12.7. The maximum absolute atomic E-state index is 12.4. The van der Waals surface area contributed by atoms with Crippen molar-refractivity contribution in [2.45, 2.75) is 44.6 Å². The van der Waals surface area contributed by atoms with Gasteiger partial charge < -0.3 is 30.3 Å². The van der Waals surface area contributed by atoms with Crippen molar-refractivity contribution < 1.29 is 23.9 Å². The molecule has 3 rings (SSSR count).